The summed E-state index contributed by atoms with van der Waals surface area (Å²) in [6, 6.07) is 11.6. The number of rotatable bonds is 2. The molecule has 0 spiro atoms. The van der Waals surface area contributed by atoms with Crippen molar-refractivity contribution >= 4 is 12.4 Å². The van der Waals surface area contributed by atoms with Crippen LogP contribution in [0.2, 0.25) is 0 Å². The molecule has 2 aromatic carbocycles. The SMILES string of the molecule is O=CC1C(=Cc2ccc(F)c(F)c2)CCc2ccccc21. The minimum Gasteiger partial charge on any atom is -0.302 e. The molecule has 3 rings (SSSR count). The number of allylic oxidation sites excluding steroid dienone is 1. The minimum absolute atomic E-state index is 0.303. The van der Waals surface area contributed by atoms with Crippen molar-refractivity contribution in [1.29, 1.82) is 0 Å². The lowest BCUT2D eigenvalue weighted by molar-refractivity contribution is -0.108. The Morgan fingerprint density at radius 3 is 2.57 bits per heavy atom. The largest absolute Gasteiger partial charge is 0.302 e. The van der Waals surface area contributed by atoms with Gasteiger partial charge in [0.25, 0.3) is 0 Å². The fourth-order valence-electron chi connectivity index (χ4n) is 2.84. The van der Waals surface area contributed by atoms with Gasteiger partial charge in [-0.1, -0.05) is 42.0 Å². The van der Waals surface area contributed by atoms with E-state index in [1.165, 1.54) is 11.6 Å². The molecule has 21 heavy (non-hydrogen) atoms. The second kappa shape index (κ2) is 5.60. The lowest BCUT2D eigenvalue weighted by atomic mass is 9.79. The Labute approximate surface area is 121 Å². The second-order valence-corrected chi connectivity index (χ2v) is 5.21. The zero-order valence-corrected chi connectivity index (χ0v) is 11.4. The van der Waals surface area contributed by atoms with Gasteiger partial charge in [0.2, 0.25) is 0 Å². The van der Waals surface area contributed by atoms with Crippen molar-refractivity contribution in [3.8, 4) is 0 Å². The van der Waals surface area contributed by atoms with Crippen LogP contribution in [0.25, 0.3) is 6.08 Å². The molecule has 0 aliphatic heterocycles. The fraction of sp³-hybridized carbons (Fsp3) is 0.167. The van der Waals surface area contributed by atoms with Gasteiger partial charge in [-0.25, -0.2) is 8.78 Å². The molecule has 0 amide bonds. The van der Waals surface area contributed by atoms with E-state index in [9.17, 15) is 13.6 Å². The summed E-state index contributed by atoms with van der Waals surface area (Å²) in [5, 5.41) is 0. The number of aldehydes is 1. The first-order valence-electron chi connectivity index (χ1n) is 6.87. The summed E-state index contributed by atoms with van der Waals surface area (Å²) >= 11 is 0. The molecule has 1 atom stereocenters. The number of carbonyl (C=O) groups is 1. The number of halogens is 2. The highest BCUT2D eigenvalue weighted by Gasteiger charge is 2.23. The van der Waals surface area contributed by atoms with Crippen LogP contribution in [0.15, 0.2) is 48.0 Å². The van der Waals surface area contributed by atoms with Gasteiger partial charge in [0.1, 0.15) is 6.29 Å². The van der Waals surface area contributed by atoms with Crippen molar-refractivity contribution in [2.24, 2.45) is 0 Å². The molecular weight excluding hydrogens is 270 g/mol. The van der Waals surface area contributed by atoms with Crippen molar-refractivity contribution < 1.29 is 13.6 Å². The molecule has 0 fully saturated rings. The summed E-state index contributed by atoms with van der Waals surface area (Å²) in [5.74, 6) is -2.04. The topological polar surface area (TPSA) is 17.1 Å². The van der Waals surface area contributed by atoms with Crippen LogP contribution >= 0.6 is 0 Å². The van der Waals surface area contributed by atoms with Crippen LogP contribution in [0.3, 0.4) is 0 Å². The molecule has 0 N–H and O–H groups in total. The van der Waals surface area contributed by atoms with Gasteiger partial charge in [0, 0.05) is 0 Å². The van der Waals surface area contributed by atoms with E-state index in [2.05, 4.69) is 0 Å². The molecule has 1 aliphatic carbocycles. The first-order chi connectivity index (χ1) is 10.2. The van der Waals surface area contributed by atoms with Crippen molar-refractivity contribution in [2.75, 3.05) is 0 Å². The minimum atomic E-state index is -0.872. The highest BCUT2D eigenvalue weighted by Crippen LogP contribution is 2.35. The summed E-state index contributed by atoms with van der Waals surface area (Å²) in [6.07, 6.45) is 4.32. The Hall–Kier alpha value is -2.29. The third-order valence-corrected chi connectivity index (χ3v) is 3.90. The molecule has 0 aromatic heterocycles. The summed E-state index contributed by atoms with van der Waals surface area (Å²) in [6.45, 7) is 0. The standard InChI is InChI=1S/C18H14F2O/c19-17-8-5-12(10-18(17)20)9-14-7-6-13-3-1-2-4-15(13)16(14)11-21/h1-5,8-11,16H,6-7H2. The smallest absolute Gasteiger partial charge is 0.159 e. The van der Waals surface area contributed by atoms with E-state index in [0.717, 1.165) is 42.4 Å². The third-order valence-electron chi connectivity index (χ3n) is 3.90. The van der Waals surface area contributed by atoms with E-state index in [1.54, 1.807) is 6.08 Å². The van der Waals surface area contributed by atoms with Crippen molar-refractivity contribution in [2.45, 2.75) is 18.8 Å². The van der Waals surface area contributed by atoms with Gasteiger partial charge in [-0.05, 0) is 41.7 Å². The average molecular weight is 284 g/mol. The molecular formula is C18H14F2O. The lowest BCUT2D eigenvalue weighted by Gasteiger charge is -2.24. The highest BCUT2D eigenvalue weighted by atomic mass is 19.2. The van der Waals surface area contributed by atoms with Crippen LogP contribution in [-0.4, -0.2) is 6.29 Å². The monoisotopic (exact) mass is 284 g/mol. The van der Waals surface area contributed by atoms with Crippen LogP contribution in [0, 0.1) is 11.6 Å². The number of benzene rings is 2. The zero-order valence-electron chi connectivity index (χ0n) is 11.4. The molecule has 3 heteroatoms. The van der Waals surface area contributed by atoms with Crippen molar-refractivity contribution in [3.63, 3.8) is 0 Å². The first-order valence-corrected chi connectivity index (χ1v) is 6.87. The van der Waals surface area contributed by atoms with Crippen molar-refractivity contribution in [3.05, 3.63) is 76.4 Å². The van der Waals surface area contributed by atoms with Crippen molar-refractivity contribution in [1.82, 2.24) is 0 Å². The highest BCUT2D eigenvalue weighted by molar-refractivity contribution is 5.74. The average Bonchev–Trinajstić information content (AvgIpc) is 2.51. The number of carbonyl (C=O) groups excluding carboxylic acids is 1. The van der Waals surface area contributed by atoms with E-state index < -0.39 is 11.6 Å². The van der Waals surface area contributed by atoms with Gasteiger partial charge in [-0.3, -0.25) is 0 Å². The molecule has 1 unspecified atom stereocenters. The summed E-state index contributed by atoms with van der Waals surface area (Å²) in [4.78, 5) is 11.5. The maximum Gasteiger partial charge on any atom is 0.159 e. The molecule has 0 radical (unpaired) electrons. The number of hydrogen-bond donors (Lipinski definition) is 0. The van der Waals surface area contributed by atoms with Crippen LogP contribution in [-0.2, 0) is 11.2 Å². The Kier molecular flexibility index (Phi) is 3.65. The van der Waals surface area contributed by atoms with Crippen LogP contribution < -0.4 is 0 Å². The molecule has 0 heterocycles. The summed E-state index contributed by atoms with van der Waals surface area (Å²) in [5.41, 5.74) is 3.70. The first kappa shape index (κ1) is 13.7. The van der Waals surface area contributed by atoms with Crippen LogP contribution in [0.1, 0.15) is 29.0 Å². The van der Waals surface area contributed by atoms with E-state index in [-0.39, 0.29) is 5.92 Å². The number of fused-ring (bicyclic) bond motifs is 1. The molecule has 0 bridgehead atoms. The molecule has 1 aliphatic rings. The van der Waals surface area contributed by atoms with Gasteiger partial charge in [0.15, 0.2) is 11.6 Å². The Bertz CT molecular complexity index is 719. The third kappa shape index (κ3) is 2.64. The molecule has 106 valence electrons. The maximum absolute atomic E-state index is 13.3. The quantitative estimate of drug-likeness (QED) is 0.752. The Balaban J connectivity index is 2.00. The fourth-order valence-corrected chi connectivity index (χ4v) is 2.84. The Morgan fingerprint density at radius 2 is 1.81 bits per heavy atom. The van der Waals surface area contributed by atoms with Gasteiger partial charge in [-0.15, -0.1) is 0 Å². The van der Waals surface area contributed by atoms with E-state index >= 15 is 0 Å². The van der Waals surface area contributed by atoms with E-state index in [4.69, 9.17) is 0 Å². The van der Waals surface area contributed by atoms with E-state index in [1.807, 2.05) is 24.3 Å². The Morgan fingerprint density at radius 1 is 1.00 bits per heavy atom. The summed E-state index contributed by atoms with van der Waals surface area (Å²) < 4.78 is 26.2. The van der Waals surface area contributed by atoms with Gasteiger partial charge in [0.05, 0.1) is 5.92 Å². The molecule has 0 saturated carbocycles. The van der Waals surface area contributed by atoms with E-state index in [0.29, 0.717) is 5.56 Å². The normalized spacial score (nSPS) is 19.3. The lowest BCUT2D eigenvalue weighted by Crippen LogP contribution is -2.13. The summed E-state index contributed by atoms with van der Waals surface area (Å²) in [7, 11) is 0. The predicted octanol–water partition coefficient (Wildman–Crippen LogP) is 4.28. The van der Waals surface area contributed by atoms with Crippen LogP contribution in [0.5, 0.6) is 0 Å². The second-order valence-electron chi connectivity index (χ2n) is 5.21. The molecule has 0 saturated heterocycles. The molecule has 2 aromatic rings. The number of hydrogen-bond acceptors (Lipinski definition) is 1. The van der Waals surface area contributed by atoms with Gasteiger partial charge < -0.3 is 4.79 Å². The zero-order chi connectivity index (χ0) is 14.8. The van der Waals surface area contributed by atoms with Crippen LogP contribution in [0.4, 0.5) is 8.78 Å². The van der Waals surface area contributed by atoms with Gasteiger partial charge >= 0.3 is 0 Å². The van der Waals surface area contributed by atoms with Gasteiger partial charge in [-0.2, -0.15) is 0 Å². The predicted molar refractivity (Wildman–Crippen MR) is 77.9 cm³/mol. The number of aryl methyl sites for hydroxylation is 1. The molecule has 1 nitrogen and oxygen atoms in total. The maximum atomic E-state index is 13.3.